The van der Waals surface area contributed by atoms with Crippen LogP contribution < -0.4 is 16.0 Å². The van der Waals surface area contributed by atoms with Crippen LogP contribution in [-0.2, 0) is 16.0 Å². The summed E-state index contributed by atoms with van der Waals surface area (Å²) in [5.74, 6) is 0.943. The lowest BCUT2D eigenvalue weighted by molar-refractivity contribution is -0.119. The Morgan fingerprint density at radius 3 is 2.53 bits per heavy atom. The van der Waals surface area contributed by atoms with Gasteiger partial charge in [-0.1, -0.05) is 60.2 Å². The van der Waals surface area contributed by atoms with Gasteiger partial charge in [0, 0.05) is 32.7 Å². The quantitative estimate of drug-likeness (QED) is 0.267. The van der Waals surface area contributed by atoms with Crippen molar-refractivity contribution >= 4 is 35.8 Å². The molecule has 1 fully saturated rings. The lowest BCUT2D eigenvalue weighted by Crippen LogP contribution is -2.45. The molecule has 1 aliphatic rings. The molecule has 1 amide bonds. The van der Waals surface area contributed by atoms with Gasteiger partial charge in [-0.15, -0.1) is 24.0 Å². The first-order chi connectivity index (χ1) is 15.2. The molecule has 1 heterocycles. The topological polar surface area (TPSA) is 74.8 Å². The summed E-state index contributed by atoms with van der Waals surface area (Å²) in [7, 11) is 1.72. The van der Waals surface area contributed by atoms with Gasteiger partial charge < -0.3 is 20.7 Å². The zero-order valence-corrected chi connectivity index (χ0v) is 21.3. The highest BCUT2D eigenvalue weighted by molar-refractivity contribution is 14.0. The average molecular weight is 550 g/mol. The van der Waals surface area contributed by atoms with Crippen LogP contribution in [0.2, 0.25) is 0 Å². The number of aliphatic imine (C=N–C) groups is 1. The molecule has 0 radical (unpaired) electrons. The van der Waals surface area contributed by atoms with Crippen molar-refractivity contribution in [2.24, 2.45) is 10.9 Å². The van der Waals surface area contributed by atoms with E-state index in [0.29, 0.717) is 18.4 Å². The molecule has 0 aliphatic carbocycles. The van der Waals surface area contributed by atoms with Gasteiger partial charge in [0.05, 0.1) is 12.6 Å². The molecule has 2 aromatic carbocycles. The van der Waals surface area contributed by atoms with Gasteiger partial charge in [0.2, 0.25) is 5.91 Å². The van der Waals surface area contributed by atoms with E-state index in [1.54, 1.807) is 7.05 Å². The van der Waals surface area contributed by atoms with E-state index in [0.717, 1.165) is 32.4 Å². The molecular weight excluding hydrogens is 515 g/mol. The van der Waals surface area contributed by atoms with Crippen LogP contribution in [0.5, 0.6) is 0 Å². The van der Waals surface area contributed by atoms with Crippen LogP contribution in [0.1, 0.15) is 35.6 Å². The molecule has 7 heteroatoms. The number of hydrogen-bond donors (Lipinski definition) is 3. The number of guanidine groups is 1. The van der Waals surface area contributed by atoms with Crippen LogP contribution in [0.4, 0.5) is 0 Å². The standard InChI is InChI=1S/C25H34N4O2.HI/c1-19-10-12-21(13-11-19)24-22(9-6-16-31-24)17-28-25(26-2)29-18-23(30)27-15-14-20-7-4-3-5-8-20;/h3-5,7-8,10-13,22,24H,6,9,14-18H2,1-2H3,(H,27,30)(H2,26,28,29);1H. The van der Waals surface area contributed by atoms with E-state index in [4.69, 9.17) is 4.74 Å². The van der Waals surface area contributed by atoms with Crippen LogP contribution >= 0.6 is 24.0 Å². The zero-order chi connectivity index (χ0) is 21.9. The molecule has 6 nitrogen and oxygen atoms in total. The fourth-order valence-electron chi connectivity index (χ4n) is 3.84. The first-order valence-corrected chi connectivity index (χ1v) is 11.1. The van der Waals surface area contributed by atoms with E-state index >= 15 is 0 Å². The summed E-state index contributed by atoms with van der Waals surface area (Å²) >= 11 is 0. The molecule has 0 bridgehead atoms. The van der Waals surface area contributed by atoms with Gasteiger partial charge in [0.1, 0.15) is 0 Å². The van der Waals surface area contributed by atoms with Crippen LogP contribution in [0, 0.1) is 12.8 Å². The molecule has 32 heavy (non-hydrogen) atoms. The van der Waals surface area contributed by atoms with E-state index < -0.39 is 0 Å². The minimum Gasteiger partial charge on any atom is -0.373 e. The highest BCUT2D eigenvalue weighted by Gasteiger charge is 2.27. The molecule has 2 aromatic rings. The molecule has 3 rings (SSSR count). The maximum Gasteiger partial charge on any atom is 0.239 e. The van der Waals surface area contributed by atoms with E-state index in [1.807, 2.05) is 18.2 Å². The number of carbonyl (C=O) groups is 1. The second kappa shape index (κ2) is 14.1. The Balaban J connectivity index is 0.00000363. The fraction of sp³-hybridized carbons (Fsp3) is 0.440. The smallest absolute Gasteiger partial charge is 0.239 e. The van der Waals surface area contributed by atoms with Crippen LogP contribution in [0.25, 0.3) is 0 Å². The number of amides is 1. The molecule has 0 spiro atoms. The lowest BCUT2D eigenvalue weighted by Gasteiger charge is -2.32. The molecule has 3 N–H and O–H groups in total. The van der Waals surface area contributed by atoms with Crippen molar-refractivity contribution in [3.8, 4) is 0 Å². The van der Waals surface area contributed by atoms with Crippen molar-refractivity contribution in [3.63, 3.8) is 0 Å². The van der Waals surface area contributed by atoms with Gasteiger partial charge in [-0.25, -0.2) is 0 Å². The fourth-order valence-corrected chi connectivity index (χ4v) is 3.84. The van der Waals surface area contributed by atoms with Crippen LogP contribution in [-0.4, -0.2) is 45.2 Å². The van der Waals surface area contributed by atoms with Gasteiger partial charge in [-0.3, -0.25) is 9.79 Å². The Hall–Kier alpha value is -2.13. The minimum absolute atomic E-state index is 0. The monoisotopic (exact) mass is 550 g/mol. The van der Waals surface area contributed by atoms with E-state index in [1.165, 1.54) is 16.7 Å². The van der Waals surface area contributed by atoms with Crippen molar-refractivity contribution in [1.29, 1.82) is 0 Å². The maximum atomic E-state index is 12.1. The zero-order valence-electron chi connectivity index (χ0n) is 19.0. The molecule has 0 saturated carbocycles. The third-order valence-electron chi connectivity index (χ3n) is 5.60. The third kappa shape index (κ3) is 8.43. The number of nitrogens with one attached hydrogen (secondary N) is 3. The summed E-state index contributed by atoms with van der Waals surface area (Å²) in [4.78, 5) is 16.4. The van der Waals surface area contributed by atoms with E-state index in [-0.39, 0.29) is 42.5 Å². The largest absolute Gasteiger partial charge is 0.373 e. The first kappa shape index (κ1) is 26.1. The Labute approximate surface area is 208 Å². The summed E-state index contributed by atoms with van der Waals surface area (Å²) < 4.78 is 6.10. The molecule has 0 aromatic heterocycles. The Morgan fingerprint density at radius 1 is 1.06 bits per heavy atom. The Bertz CT molecular complexity index is 843. The molecule has 174 valence electrons. The average Bonchev–Trinajstić information content (AvgIpc) is 2.81. The van der Waals surface area contributed by atoms with Crippen LogP contribution in [0.15, 0.2) is 59.6 Å². The molecular formula is C25H35IN4O2. The van der Waals surface area contributed by atoms with Gasteiger partial charge in [-0.05, 0) is 37.3 Å². The van der Waals surface area contributed by atoms with E-state index in [9.17, 15) is 4.79 Å². The summed E-state index contributed by atoms with van der Waals surface area (Å²) in [5.41, 5.74) is 3.68. The van der Waals surface area contributed by atoms with Crippen molar-refractivity contribution < 1.29 is 9.53 Å². The highest BCUT2D eigenvalue weighted by atomic mass is 127. The molecule has 1 aliphatic heterocycles. The van der Waals surface area contributed by atoms with Crippen molar-refractivity contribution in [3.05, 3.63) is 71.3 Å². The van der Waals surface area contributed by atoms with Crippen LogP contribution in [0.3, 0.4) is 0 Å². The minimum atomic E-state index is -0.0441. The molecule has 2 unspecified atom stereocenters. The van der Waals surface area contributed by atoms with Gasteiger partial charge in [0.25, 0.3) is 0 Å². The lowest BCUT2D eigenvalue weighted by atomic mass is 9.89. The predicted molar refractivity (Wildman–Crippen MR) is 141 cm³/mol. The highest BCUT2D eigenvalue weighted by Crippen LogP contribution is 2.33. The normalized spacial score (nSPS) is 18.4. The number of nitrogens with zero attached hydrogens (tertiary/aromatic N) is 1. The second-order valence-electron chi connectivity index (χ2n) is 8.00. The third-order valence-corrected chi connectivity index (χ3v) is 5.60. The number of benzene rings is 2. The van der Waals surface area contributed by atoms with Gasteiger partial charge >= 0.3 is 0 Å². The maximum absolute atomic E-state index is 12.1. The predicted octanol–water partition coefficient (Wildman–Crippen LogP) is 3.60. The molecule has 1 saturated heterocycles. The number of carbonyl (C=O) groups excluding carboxylic acids is 1. The summed E-state index contributed by atoms with van der Waals surface area (Å²) in [6, 6.07) is 18.7. The van der Waals surface area contributed by atoms with Gasteiger partial charge in [0.15, 0.2) is 5.96 Å². The van der Waals surface area contributed by atoms with Crippen molar-refractivity contribution in [2.75, 3.05) is 33.3 Å². The number of halogens is 1. The van der Waals surface area contributed by atoms with E-state index in [2.05, 4.69) is 64.3 Å². The molecule has 2 atom stereocenters. The Kier molecular flexibility index (Phi) is 11.5. The number of hydrogen-bond acceptors (Lipinski definition) is 3. The SMILES string of the molecule is CN=C(NCC(=O)NCCc1ccccc1)NCC1CCCOC1c1ccc(C)cc1.I. The number of aryl methyl sites for hydroxylation is 1. The Morgan fingerprint density at radius 2 is 1.81 bits per heavy atom. The first-order valence-electron chi connectivity index (χ1n) is 11.1. The summed E-state index contributed by atoms with van der Waals surface area (Å²) in [6.07, 6.45) is 3.07. The number of ether oxygens (including phenoxy) is 1. The van der Waals surface area contributed by atoms with Crippen molar-refractivity contribution in [1.82, 2.24) is 16.0 Å². The summed E-state index contributed by atoms with van der Waals surface area (Å²) in [6.45, 7) is 4.45. The van der Waals surface area contributed by atoms with Crippen molar-refractivity contribution in [2.45, 2.75) is 32.3 Å². The number of rotatable bonds is 8. The second-order valence-corrected chi connectivity index (χ2v) is 8.00. The van der Waals surface area contributed by atoms with Gasteiger partial charge in [-0.2, -0.15) is 0 Å². The summed E-state index contributed by atoms with van der Waals surface area (Å²) in [5, 5.41) is 9.42.